The molecule has 7 aliphatic rings. The molecule has 3 aromatic rings. The molecule has 16 heteroatoms. The van der Waals surface area contributed by atoms with Crippen LogP contribution in [0.2, 0.25) is 0 Å². The van der Waals surface area contributed by atoms with Crippen LogP contribution in [0.25, 0.3) is 33.4 Å². The summed E-state index contributed by atoms with van der Waals surface area (Å²) in [5.74, 6) is -0.246. The van der Waals surface area contributed by atoms with E-state index in [9.17, 15) is 29.7 Å². The second-order valence-corrected chi connectivity index (χ2v) is 19.7. The van der Waals surface area contributed by atoms with Crippen LogP contribution in [0.3, 0.4) is 0 Å². The van der Waals surface area contributed by atoms with E-state index in [4.69, 9.17) is 21.4 Å². The van der Waals surface area contributed by atoms with Crippen molar-refractivity contribution in [2.24, 2.45) is 5.92 Å². The maximum atomic E-state index is 13.5. The van der Waals surface area contributed by atoms with Gasteiger partial charge in [-0.3, -0.25) is 14.5 Å². The molecule has 69 heavy (non-hydrogen) atoms. The summed E-state index contributed by atoms with van der Waals surface area (Å²) in [6, 6.07) is 20.2. The average molecular weight is 957 g/mol. The third-order valence-corrected chi connectivity index (χ3v) is 15.9. The molecule has 4 aliphatic carbocycles. The van der Waals surface area contributed by atoms with Gasteiger partial charge in [-0.15, -0.1) is 0 Å². The number of amides is 2. The highest BCUT2D eigenvalue weighted by molar-refractivity contribution is 7.80. The Morgan fingerprint density at radius 2 is 1.67 bits per heavy atom. The molecule has 1 spiro atoms. The van der Waals surface area contributed by atoms with E-state index in [1.165, 1.54) is 18.9 Å². The average Bonchev–Trinajstić information content (AvgIpc) is 4.09. The first kappa shape index (κ1) is 46.5. The van der Waals surface area contributed by atoms with Crippen LogP contribution in [0.5, 0.6) is 11.5 Å². The van der Waals surface area contributed by atoms with Gasteiger partial charge in [0.2, 0.25) is 17.2 Å². The number of nitrogens with zero attached hydrogens (tertiary/aromatic N) is 3. The number of ether oxygens (including phenoxy) is 1. The van der Waals surface area contributed by atoms with Gasteiger partial charge in [-0.05, 0) is 138 Å². The minimum atomic E-state index is -1.13. The molecule has 5 atom stereocenters. The van der Waals surface area contributed by atoms with Gasteiger partial charge in [-0.2, -0.15) is 0 Å². The quantitative estimate of drug-likeness (QED) is 0.0401. The maximum Gasteiger partial charge on any atom is 0.336 e. The number of anilines is 2. The van der Waals surface area contributed by atoms with E-state index in [1.807, 2.05) is 42.5 Å². The third-order valence-electron chi connectivity index (χ3n) is 15.7. The highest BCUT2D eigenvalue weighted by Gasteiger charge is 2.73. The smallest absolute Gasteiger partial charge is 0.336 e. The van der Waals surface area contributed by atoms with Gasteiger partial charge in [-0.1, -0.05) is 12.1 Å². The number of rotatable bonds is 15. The van der Waals surface area contributed by atoms with Crippen LogP contribution in [0, 0.1) is 5.92 Å². The number of aliphatic hydroxyl groups is 1. The number of carboxylic acids is 1. The number of hydrogen-bond donors (Lipinski definition) is 7. The zero-order chi connectivity index (χ0) is 48.4. The number of nitrogens with one attached hydrogen (secondary N) is 4. The van der Waals surface area contributed by atoms with Gasteiger partial charge in [0.25, 0.3) is 0 Å². The lowest BCUT2D eigenvalue weighted by atomic mass is 9.48. The third kappa shape index (κ3) is 8.03. The molecule has 3 aromatic carbocycles. The van der Waals surface area contributed by atoms with E-state index in [-0.39, 0.29) is 35.6 Å². The number of phenols is 1. The van der Waals surface area contributed by atoms with Crippen molar-refractivity contribution in [3.63, 3.8) is 0 Å². The summed E-state index contributed by atoms with van der Waals surface area (Å²) >= 11 is 5.54. The van der Waals surface area contributed by atoms with Crippen LogP contribution < -0.4 is 40.8 Å². The van der Waals surface area contributed by atoms with E-state index in [2.05, 4.69) is 63.3 Å². The van der Waals surface area contributed by atoms with Gasteiger partial charge < -0.3 is 50.6 Å². The van der Waals surface area contributed by atoms with E-state index >= 15 is 0 Å². The zero-order valence-electron chi connectivity index (χ0n) is 39.7. The van der Waals surface area contributed by atoms with Crippen LogP contribution in [-0.4, -0.2) is 119 Å². The van der Waals surface area contributed by atoms with Crippen LogP contribution >= 0.6 is 12.2 Å². The number of aromatic carboxylic acids is 1. The zero-order valence-corrected chi connectivity index (χ0v) is 40.5. The molecule has 10 rings (SSSR count). The topological polar surface area (TPSA) is 192 Å². The number of benzene rings is 4. The second-order valence-electron chi connectivity index (χ2n) is 19.3. The number of phenolic OH excluding ortho intramolecular Hbond substituents is 1. The van der Waals surface area contributed by atoms with Crippen molar-refractivity contribution in [3.8, 4) is 33.9 Å². The first-order valence-corrected chi connectivity index (χ1v) is 25.0. The molecule has 3 fully saturated rings. The number of hydrogen-bond acceptors (Lipinski definition) is 10. The van der Waals surface area contributed by atoms with Crippen LogP contribution in [-0.2, 0) is 21.4 Å². The van der Waals surface area contributed by atoms with Gasteiger partial charge >= 0.3 is 5.97 Å². The molecular weight excluding hydrogens is 895 g/mol. The Hall–Kier alpha value is -6.23. The van der Waals surface area contributed by atoms with Crippen molar-refractivity contribution in [2.75, 3.05) is 62.6 Å². The summed E-state index contributed by atoms with van der Waals surface area (Å²) in [6.45, 7) is 12.9. The number of aromatic hydroxyl groups is 1. The van der Waals surface area contributed by atoms with Crippen LogP contribution in [0.4, 0.5) is 11.4 Å². The Morgan fingerprint density at radius 1 is 0.899 bits per heavy atom. The Morgan fingerprint density at radius 3 is 2.41 bits per heavy atom. The van der Waals surface area contributed by atoms with Gasteiger partial charge in [0.15, 0.2) is 16.6 Å². The SMILES string of the molecule is CCN(CC)c1ccc2c(-c3ccc(NC(=S)NCC(=O)NCC(=O)N[C@@H]4CC[C@@]5(O)[C@H]6Cc7ccc(O)c8c7[C@@]5(CCN6CC5CC5)[C@H]4O8)cc3C(=O)O)c3ccc(=[N+](CC)CC)cc-3oc2c1. The number of likely N-dealkylation sites (tertiary alicyclic amines) is 1. The van der Waals surface area contributed by atoms with Gasteiger partial charge in [0.1, 0.15) is 30.5 Å². The molecule has 2 amide bonds. The molecular formula is C53H62N7O8S+. The maximum absolute atomic E-state index is 13.5. The second kappa shape index (κ2) is 18.3. The van der Waals surface area contributed by atoms with E-state index in [1.54, 1.807) is 18.2 Å². The van der Waals surface area contributed by atoms with Crippen molar-refractivity contribution >= 4 is 57.5 Å². The van der Waals surface area contributed by atoms with Crippen LogP contribution in [0.15, 0.2) is 71.1 Å². The Bertz CT molecular complexity index is 2920. The molecule has 0 radical (unpaired) electrons. The highest BCUT2D eigenvalue weighted by Crippen LogP contribution is 2.65. The predicted molar refractivity (Wildman–Crippen MR) is 269 cm³/mol. The molecule has 3 heterocycles. The first-order chi connectivity index (χ1) is 33.3. The number of carboxylic acid groups (broad SMARTS) is 1. The largest absolute Gasteiger partial charge is 0.504 e. The van der Waals surface area contributed by atoms with Crippen LogP contribution in [0.1, 0.15) is 81.3 Å². The molecule has 15 nitrogen and oxygen atoms in total. The summed E-state index contributed by atoms with van der Waals surface area (Å²) in [6.07, 6.45) is 4.16. The van der Waals surface area contributed by atoms with Crippen molar-refractivity contribution in [1.82, 2.24) is 25.4 Å². The van der Waals surface area contributed by atoms with Crippen molar-refractivity contribution in [1.29, 1.82) is 0 Å². The molecule has 1 saturated heterocycles. The molecule has 0 aromatic heterocycles. The minimum Gasteiger partial charge on any atom is -0.504 e. The normalized spacial score (nSPS) is 23.2. The lowest BCUT2D eigenvalue weighted by Gasteiger charge is -2.64. The van der Waals surface area contributed by atoms with Gasteiger partial charge in [0, 0.05) is 71.3 Å². The monoisotopic (exact) mass is 956 g/mol. The highest BCUT2D eigenvalue weighted by atomic mass is 32.1. The Labute approximate surface area is 406 Å². The molecule has 7 N–H and O–H groups in total. The Kier molecular flexibility index (Phi) is 12.3. The number of carbonyl (C=O) groups excluding carboxylic acids is 2. The lowest BCUT2D eigenvalue weighted by Crippen LogP contribution is -2.78. The minimum absolute atomic E-state index is 0.0377. The van der Waals surface area contributed by atoms with Crippen molar-refractivity contribution in [3.05, 3.63) is 88.8 Å². The number of fused-ring (bicyclic) bond motifs is 2. The fourth-order valence-electron chi connectivity index (χ4n) is 12.2. The molecule has 0 unspecified atom stereocenters. The summed E-state index contributed by atoms with van der Waals surface area (Å²) < 4.78 is 15.4. The summed E-state index contributed by atoms with van der Waals surface area (Å²) in [7, 11) is 0. The predicted octanol–water partition coefficient (Wildman–Crippen LogP) is 5.42. The molecule has 2 saturated carbocycles. The number of piperidine rings is 1. The standard InChI is InChI=1S/C53H61N7O8S/c1-5-58(6-2)33-13-16-36-41(25-33)67-42-26-34(59(7-3)8-4)14-17-37(42)46(36)35-15-12-32(24-38(35)50(64)65)56-51(69)55-27-44(62)54-28-45(63)57-39-19-20-53(66)43-23-31-11-18-40(61)48-47(31)52(53,49(39)68-48)21-22-60(43)29-30-9-10-30/h11-18,24-26,30,39,43,49,66H,5-10,19-23,27-29H2,1-4H3,(H5,54,55,57,61,62,63,64,65,69)/p+1/t39-,43-,49+,52+,53-/m1/s1. The lowest BCUT2D eigenvalue weighted by molar-refractivity contribution is -0.192. The summed E-state index contributed by atoms with van der Waals surface area (Å²) in [5, 5.41) is 47.9. The fourth-order valence-corrected chi connectivity index (χ4v) is 12.4. The molecule has 2 bridgehead atoms. The van der Waals surface area contributed by atoms with Gasteiger partial charge in [-0.25, -0.2) is 9.37 Å². The van der Waals surface area contributed by atoms with Gasteiger partial charge in [0.05, 0.1) is 41.8 Å². The summed E-state index contributed by atoms with van der Waals surface area (Å²) in [4.78, 5) is 44.3. The van der Waals surface area contributed by atoms with E-state index in [0.29, 0.717) is 59.9 Å². The van der Waals surface area contributed by atoms with E-state index < -0.39 is 40.9 Å². The van der Waals surface area contributed by atoms with Crippen molar-refractivity contribution < 1.29 is 38.9 Å². The summed E-state index contributed by atoms with van der Waals surface area (Å²) in [5.41, 5.74) is 4.25. The molecule has 362 valence electrons. The fraction of sp³-hybridized carbons (Fsp3) is 0.453. The first-order valence-electron chi connectivity index (χ1n) is 24.6. The number of carbonyl (C=O) groups is 3. The molecule has 3 aliphatic heterocycles. The van der Waals surface area contributed by atoms with E-state index in [0.717, 1.165) is 78.0 Å². The number of thiocarbonyl (C=S) groups is 1. The van der Waals surface area contributed by atoms with Crippen molar-refractivity contribution in [2.45, 2.75) is 95.4 Å². The Balaban J connectivity index is 0.806.